The number of nitriles is 1. The largest absolute Gasteiger partial charge is 0.372 e. The van der Waals surface area contributed by atoms with Gasteiger partial charge < -0.3 is 15.2 Å². The highest BCUT2D eigenvalue weighted by Gasteiger charge is 2.09. The van der Waals surface area contributed by atoms with Crippen LogP contribution in [-0.4, -0.2) is 28.5 Å². The van der Waals surface area contributed by atoms with Crippen molar-refractivity contribution in [2.75, 3.05) is 13.1 Å². The highest BCUT2D eigenvalue weighted by atomic mass is 16.1. The van der Waals surface area contributed by atoms with Crippen LogP contribution in [0.2, 0.25) is 0 Å². The van der Waals surface area contributed by atoms with Crippen molar-refractivity contribution in [2.45, 2.75) is 41.0 Å². The molecule has 5 nitrogen and oxygen atoms in total. The van der Waals surface area contributed by atoms with Crippen LogP contribution >= 0.6 is 0 Å². The van der Waals surface area contributed by atoms with Gasteiger partial charge in [-0.1, -0.05) is 45.1 Å². The van der Waals surface area contributed by atoms with E-state index >= 15 is 0 Å². The van der Waals surface area contributed by atoms with E-state index in [9.17, 15) is 4.79 Å². The number of benzene rings is 1. The third-order valence-electron chi connectivity index (χ3n) is 5.01. The van der Waals surface area contributed by atoms with Crippen molar-refractivity contribution >= 4 is 24.6 Å². The fraction of sp³-hybridized carbons (Fsp3) is 0.333. The molecule has 170 valence electrons. The summed E-state index contributed by atoms with van der Waals surface area (Å²) < 4.78 is 1.92. The lowest BCUT2D eigenvalue weighted by molar-refractivity contribution is -0.114. The molecule has 0 aliphatic carbocycles. The normalized spacial score (nSPS) is 12.1. The van der Waals surface area contributed by atoms with Crippen LogP contribution in [0.3, 0.4) is 0 Å². The van der Waals surface area contributed by atoms with Crippen molar-refractivity contribution in [1.29, 1.82) is 5.26 Å². The molecule has 0 aliphatic rings. The number of carbonyl (C=O) groups is 1. The van der Waals surface area contributed by atoms with E-state index in [1.54, 1.807) is 0 Å². The molecule has 0 spiro atoms. The summed E-state index contributed by atoms with van der Waals surface area (Å²) in [5.41, 5.74) is 9.04. The van der Waals surface area contributed by atoms with E-state index < -0.39 is 5.91 Å². The van der Waals surface area contributed by atoms with Gasteiger partial charge in [0.25, 0.3) is 5.91 Å². The summed E-state index contributed by atoms with van der Waals surface area (Å²) in [6.45, 7) is 16.7. The first kappa shape index (κ1) is 26.5. The summed E-state index contributed by atoms with van der Waals surface area (Å²) in [6, 6.07) is 11.8. The molecule has 0 radical (unpaired) electrons. The number of aromatic nitrogens is 1. The predicted octanol–water partition coefficient (Wildman–Crippen LogP) is 3.94. The summed E-state index contributed by atoms with van der Waals surface area (Å²) in [5, 5.41) is 11.1. The van der Waals surface area contributed by atoms with Crippen LogP contribution in [-0.2, 0) is 11.8 Å². The van der Waals surface area contributed by atoms with Gasteiger partial charge in [0.2, 0.25) is 0 Å². The molecule has 0 atom stereocenters. The molecule has 1 amide bonds. The highest BCUT2D eigenvalue weighted by molar-refractivity contribution is 6.00. The van der Waals surface area contributed by atoms with Crippen molar-refractivity contribution in [2.24, 2.45) is 12.8 Å². The number of amides is 1. The number of hydrogen-bond acceptors (Lipinski definition) is 3. The van der Waals surface area contributed by atoms with Crippen LogP contribution in [0.25, 0.3) is 30.0 Å². The lowest BCUT2D eigenvalue weighted by atomic mass is 10.1. The fourth-order valence-electron chi connectivity index (χ4n) is 3.28. The van der Waals surface area contributed by atoms with Crippen LogP contribution in [0.4, 0.5) is 0 Å². The van der Waals surface area contributed by atoms with E-state index in [2.05, 4.69) is 63.5 Å². The van der Waals surface area contributed by atoms with Crippen LogP contribution in [0.15, 0.2) is 47.7 Å². The Morgan fingerprint density at radius 1 is 1.19 bits per heavy atom. The lowest BCUT2D eigenvalue weighted by Gasteiger charge is -2.22. The molecule has 0 bridgehead atoms. The van der Waals surface area contributed by atoms with Crippen molar-refractivity contribution in [3.8, 4) is 17.3 Å². The molecule has 1 aromatic carbocycles. The SMILES string of the molecule is C=c1cc(-c2ccc(/C=C(\C#N)C(N)=O)n2C)cc/c1=C/C(=C\C)N(CC)CC.CCC. The molecule has 2 rings (SSSR count). The molecule has 0 aliphatic heterocycles. The number of rotatable bonds is 7. The van der Waals surface area contributed by atoms with Crippen molar-refractivity contribution in [1.82, 2.24) is 9.47 Å². The zero-order chi connectivity index (χ0) is 24.3. The van der Waals surface area contributed by atoms with Gasteiger partial charge in [0.05, 0.1) is 0 Å². The van der Waals surface area contributed by atoms with Crippen molar-refractivity contribution in [3.63, 3.8) is 0 Å². The summed E-state index contributed by atoms with van der Waals surface area (Å²) in [4.78, 5) is 13.6. The van der Waals surface area contributed by atoms with E-state index in [1.165, 1.54) is 18.2 Å². The molecular formula is C27H36N4O. The van der Waals surface area contributed by atoms with Crippen molar-refractivity contribution < 1.29 is 4.79 Å². The van der Waals surface area contributed by atoms with Gasteiger partial charge in [0.1, 0.15) is 11.6 Å². The molecule has 5 heteroatoms. The van der Waals surface area contributed by atoms with Gasteiger partial charge in [-0.3, -0.25) is 4.79 Å². The number of nitrogens with zero attached hydrogens (tertiary/aromatic N) is 3. The standard InChI is InChI=1S/C24H28N4O.C3H8/c1-6-21(28(7-2)8-3)14-18-9-10-19(13-17(18)4)23-12-11-22(27(23)5)15-20(16-25)24(26)29;1-3-2/h6,9-15H,4,7-8H2,1-3,5H3,(H2,26,29);3H2,1-2H3/b18-14-,20-15+,21-6+;. The first-order valence-electron chi connectivity index (χ1n) is 11.1. The van der Waals surface area contributed by atoms with Crippen LogP contribution in [0.1, 0.15) is 46.7 Å². The minimum atomic E-state index is -0.733. The molecular weight excluding hydrogens is 396 g/mol. The number of hydrogen-bond donors (Lipinski definition) is 1. The van der Waals surface area contributed by atoms with Gasteiger partial charge in [-0.05, 0) is 67.1 Å². The Morgan fingerprint density at radius 2 is 1.81 bits per heavy atom. The van der Waals surface area contributed by atoms with E-state index in [1.807, 2.05) is 42.8 Å². The Hall–Kier alpha value is -3.52. The second-order valence-corrected chi connectivity index (χ2v) is 7.39. The predicted molar refractivity (Wildman–Crippen MR) is 136 cm³/mol. The first-order chi connectivity index (χ1) is 15.3. The summed E-state index contributed by atoms with van der Waals surface area (Å²) >= 11 is 0. The van der Waals surface area contributed by atoms with Crippen LogP contribution in [0.5, 0.6) is 0 Å². The number of carbonyl (C=O) groups excluding carboxylic acids is 1. The Balaban J connectivity index is 0.00000161. The molecule has 0 saturated heterocycles. The molecule has 0 fully saturated rings. The minimum Gasteiger partial charge on any atom is -0.372 e. The number of nitrogens with two attached hydrogens (primary N) is 1. The minimum absolute atomic E-state index is 0.0733. The van der Waals surface area contributed by atoms with E-state index in [-0.39, 0.29) is 5.57 Å². The molecule has 2 N–H and O–H groups in total. The van der Waals surface area contributed by atoms with Crippen LogP contribution < -0.4 is 16.2 Å². The van der Waals surface area contributed by atoms with Crippen molar-refractivity contribution in [3.05, 3.63) is 63.8 Å². The summed E-state index contributed by atoms with van der Waals surface area (Å²) in [7, 11) is 1.89. The highest BCUT2D eigenvalue weighted by Crippen LogP contribution is 2.21. The number of allylic oxidation sites excluding steroid dienone is 2. The van der Waals surface area contributed by atoms with Gasteiger partial charge in [-0.25, -0.2) is 0 Å². The summed E-state index contributed by atoms with van der Waals surface area (Å²) in [5.74, 6) is -0.733. The third kappa shape index (κ3) is 6.75. The molecule has 0 saturated carbocycles. The molecule has 32 heavy (non-hydrogen) atoms. The third-order valence-corrected chi connectivity index (χ3v) is 5.01. The Bertz CT molecular complexity index is 1130. The van der Waals surface area contributed by atoms with Gasteiger partial charge in [0.15, 0.2) is 0 Å². The Labute approximate surface area is 192 Å². The summed E-state index contributed by atoms with van der Waals surface area (Å²) in [6.07, 6.45) is 7.02. The van der Waals surface area contributed by atoms with E-state index in [4.69, 9.17) is 11.0 Å². The maximum absolute atomic E-state index is 11.3. The van der Waals surface area contributed by atoms with Gasteiger partial charge >= 0.3 is 0 Å². The van der Waals surface area contributed by atoms with E-state index in [0.29, 0.717) is 0 Å². The second-order valence-electron chi connectivity index (χ2n) is 7.39. The quantitative estimate of drug-likeness (QED) is 0.532. The monoisotopic (exact) mass is 432 g/mol. The molecule has 2 aromatic rings. The number of primary amides is 1. The lowest BCUT2D eigenvalue weighted by Crippen LogP contribution is -2.27. The van der Waals surface area contributed by atoms with Gasteiger partial charge in [0, 0.05) is 37.2 Å². The maximum Gasteiger partial charge on any atom is 0.259 e. The smallest absolute Gasteiger partial charge is 0.259 e. The zero-order valence-corrected chi connectivity index (χ0v) is 20.3. The maximum atomic E-state index is 11.3. The van der Waals surface area contributed by atoms with Gasteiger partial charge in [-0.15, -0.1) is 0 Å². The Kier molecular flexibility index (Phi) is 10.8. The first-order valence-corrected chi connectivity index (χ1v) is 11.1. The molecule has 1 heterocycles. The van der Waals surface area contributed by atoms with Crippen LogP contribution in [0, 0.1) is 11.3 Å². The molecule has 1 aromatic heterocycles. The average Bonchev–Trinajstić information content (AvgIpc) is 3.13. The van der Waals surface area contributed by atoms with E-state index in [0.717, 1.165) is 40.5 Å². The molecule has 0 unspecified atom stereocenters. The second kappa shape index (κ2) is 13.0. The van der Waals surface area contributed by atoms with Gasteiger partial charge in [-0.2, -0.15) is 5.26 Å². The zero-order valence-electron chi connectivity index (χ0n) is 20.3. The Morgan fingerprint density at radius 3 is 2.28 bits per heavy atom. The topological polar surface area (TPSA) is 75.0 Å². The average molecular weight is 433 g/mol. The fourth-order valence-corrected chi connectivity index (χ4v) is 3.28.